The van der Waals surface area contributed by atoms with Crippen LogP contribution in [0.5, 0.6) is 5.75 Å². The monoisotopic (exact) mass is 358 g/mol. The third-order valence-electron chi connectivity index (χ3n) is 6.96. The highest BCUT2D eigenvalue weighted by Gasteiger charge is 2.53. The van der Waals surface area contributed by atoms with Crippen molar-refractivity contribution in [2.45, 2.75) is 58.0 Å². The molecule has 0 aliphatic heterocycles. The lowest BCUT2D eigenvalue weighted by molar-refractivity contribution is -0.0672. The van der Waals surface area contributed by atoms with E-state index in [1.54, 1.807) is 7.11 Å². The van der Waals surface area contributed by atoms with Gasteiger partial charge in [0.2, 0.25) is 0 Å². The van der Waals surface area contributed by atoms with Gasteiger partial charge >= 0.3 is 0 Å². The predicted octanol–water partition coefficient (Wildman–Crippen LogP) is 4.26. The molecule has 5 rings (SSSR count). The van der Waals surface area contributed by atoms with E-state index in [2.05, 4.69) is 29.7 Å². The lowest BCUT2D eigenvalue weighted by Gasteiger charge is -2.59. The molecule has 0 heterocycles. The molecule has 4 bridgehead atoms. The van der Waals surface area contributed by atoms with E-state index in [0.29, 0.717) is 11.5 Å². The summed E-state index contributed by atoms with van der Waals surface area (Å²) in [4.78, 5) is 0. The highest BCUT2D eigenvalue weighted by Crippen LogP contribution is 2.61. The van der Waals surface area contributed by atoms with Gasteiger partial charge in [-0.25, -0.2) is 0 Å². The average molecular weight is 359 g/mol. The molecule has 25 heavy (non-hydrogen) atoms. The molecule has 4 aliphatic carbocycles. The van der Waals surface area contributed by atoms with Gasteiger partial charge in [-0.3, -0.25) is 0 Å². The fourth-order valence-electron chi connectivity index (χ4n) is 6.03. The van der Waals surface area contributed by atoms with Crippen LogP contribution in [0, 0.1) is 23.2 Å². The zero-order valence-corrected chi connectivity index (χ0v) is 16.2. The van der Waals surface area contributed by atoms with E-state index in [1.807, 2.05) is 12.1 Å². The molecule has 1 aromatic carbocycles. The molecule has 1 atom stereocenters. The van der Waals surface area contributed by atoms with Crippen LogP contribution in [0.15, 0.2) is 24.3 Å². The molecule has 4 saturated carbocycles. The second-order valence-corrected chi connectivity index (χ2v) is 9.08. The molecule has 4 fully saturated rings. The summed E-state index contributed by atoms with van der Waals surface area (Å²) >= 11 is 5.59. The summed E-state index contributed by atoms with van der Waals surface area (Å²) in [6, 6.07) is 8.61. The fraction of sp³-hybridized carbons (Fsp3) is 0.667. The number of ether oxygens (including phenoxy) is 1. The van der Waals surface area contributed by atoms with E-state index in [0.717, 1.165) is 35.2 Å². The van der Waals surface area contributed by atoms with Gasteiger partial charge < -0.3 is 15.4 Å². The van der Waals surface area contributed by atoms with Gasteiger partial charge in [0.1, 0.15) is 5.75 Å². The standard InChI is InChI=1S/C21H30N2OS/c1-14(21-10-16-7-17(11-21)9-18(8-16)12-21)23-20(25)22-13-15-3-5-19(24-2)6-4-15/h3-6,14,16-18H,7-13H2,1-2H3,(H2,22,23,25)/t14-,16?,17?,18?,21?/m0/s1. The van der Waals surface area contributed by atoms with Crippen LogP contribution in [0.1, 0.15) is 51.0 Å². The quantitative estimate of drug-likeness (QED) is 0.771. The molecule has 0 saturated heterocycles. The van der Waals surface area contributed by atoms with E-state index >= 15 is 0 Å². The summed E-state index contributed by atoms with van der Waals surface area (Å²) in [6.45, 7) is 3.11. The molecule has 1 aromatic rings. The molecular weight excluding hydrogens is 328 g/mol. The third-order valence-corrected chi connectivity index (χ3v) is 7.23. The second-order valence-electron chi connectivity index (χ2n) is 8.68. The first-order valence-electron chi connectivity index (χ1n) is 9.73. The van der Waals surface area contributed by atoms with Crippen molar-refractivity contribution in [2.75, 3.05) is 7.11 Å². The number of methoxy groups -OCH3 is 1. The van der Waals surface area contributed by atoms with Crippen molar-refractivity contribution in [2.24, 2.45) is 23.2 Å². The number of hydrogen-bond donors (Lipinski definition) is 2. The first-order valence-corrected chi connectivity index (χ1v) is 10.1. The minimum Gasteiger partial charge on any atom is -0.497 e. The Labute approximate surface area is 156 Å². The maximum absolute atomic E-state index is 5.59. The number of rotatable bonds is 5. The Kier molecular flexibility index (Phi) is 4.65. The van der Waals surface area contributed by atoms with Crippen molar-refractivity contribution in [1.82, 2.24) is 10.6 Å². The molecule has 136 valence electrons. The fourth-order valence-corrected chi connectivity index (χ4v) is 6.28. The summed E-state index contributed by atoms with van der Waals surface area (Å²) in [5.74, 6) is 3.84. The molecule has 4 heteroatoms. The maximum Gasteiger partial charge on any atom is 0.166 e. The largest absolute Gasteiger partial charge is 0.497 e. The van der Waals surface area contributed by atoms with Crippen molar-refractivity contribution in [1.29, 1.82) is 0 Å². The second kappa shape index (κ2) is 6.79. The van der Waals surface area contributed by atoms with E-state index in [4.69, 9.17) is 17.0 Å². The Morgan fingerprint density at radius 3 is 2.20 bits per heavy atom. The molecule has 0 aromatic heterocycles. The predicted molar refractivity (Wildman–Crippen MR) is 106 cm³/mol. The normalized spacial score (nSPS) is 33.8. The number of benzene rings is 1. The Bertz CT molecular complexity index is 592. The van der Waals surface area contributed by atoms with Gasteiger partial charge in [0, 0.05) is 12.6 Å². The highest BCUT2D eigenvalue weighted by molar-refractivity contribution is 7.80. The molecule has 3 nitrogen and oxygen atoms in total. The van der Waals surface area contributed by atoms with Gasteiger partial charge in [-0.1, -0.05) is 12.1 Å². The van der Waals surface area contributed by atoms with Crippen molar-refractivity contribution < 1.29 is 4.74 Å². The number of thiocarbonyl (C=S) groups is 1. The molecule has 2 N–H and O–H groups in total. The van der Waals surface area contributed by atoms with Crippen molar-refractivity contribution in [3.63, 3.8) is 0 Å². The topological polar surface area (TPSA) is 33.3 Å². The van der Waals surface area contributed by atoms with Gasteiger partial charge in [0.15, 0.2) is 5.11 Å². The number of hydrogen-bond acceptors (Lipinski definition) is 2. The molecule has 0 amide bonds. The Hall–Kier alpha value is -1.29. The van der Waals surface area contributed by atoms with Gasteiger partial charge in [-0.2, -0.15) is 0 Å². The summed E-state index contributed by atoms with van der Waals surface area (Å²) in [7, 11) is 1.69. The summed E-state index contributed by atoms with van der Waals surface area (Å²) in [5.41, 5.74) is 1.70. The van der Waals surface area contributed by atoms with E-state index in [-0.39, 0.29) is 0 Å². The van der Waals surface area contributed by atoms with Gasteiger partial charge in [-0.05, 0) is 98.5 Å². The Balaban J connectivity index is 1.31. The van der Waals surface area contributed by atoms with E-state index < -0.39 is 0 Å². The summed E-state index contributed by atoms with van der Waals surface area (Å²) in [5, 5.41) is 7.80. The minimum absolute atomic E-state index is 0.469. The van der Waals surface area contributed by atoms with Crippen LogP contribution < -0.4 is 15.4 Å². The van der Waals surface area contributed by atoms with Gasteiger partial charge in [-0.15, -0.1) is 0 Å². The van der Waals surface area contributed by atoms with Crippen LogP contribution in [0.25, 0.3) is 0 Å². The van der Waals surface area contributed by atoms with Crippen molar-refractivity contribution in [3.05, 3.63) is 29.8 Å². The lowest BCUT2D eigenvalue weighted by Crippen LogP contribution is -2.57. The zero-order valence-electron chi connectivity index (χ0n) is 15.4. The van der Waals surface area contributed by atoms with E-state index in [1.165, 1.54) is 44.1 Å². The van der Waals surface area contributed by atoms with Crippen LogP contribution in [0.2, 0.25) is 0 Å². The van der Waals surface area contributed by atoms with Crippen molar-refractivity contribution in [3.8, 4) is 5.75 Å². The van der Waals surface area contributed by atoms with Crippen LogP contribution >= 0.6 is 12.2 Å². The van der Waals surface area contributed by atoms with Crippen molar-refractivity contribution >= 4 is 17.3 Å². The van der Waals surface area contributed by atoms with E-state index in [9.17, 15) is 0 Å². The third kappa shape index (κ3) is 3.51. The van der Waals surface area contributed by atoms with Crippen LogP contribution in [0.4, 0.5) is 0 Å². The van der Waals surface area contributed by atoms with Crippen LogP contribution in [0.3, 0.4) is 0 Å². The lowest BCUT2D eigenvalue weighted by atomic mass is 9.48. The van der Waals surface area contributed by atoms with Crippen LogP contribution in [-0.4, -0.2) is 18.3 Å². The highest BCUT2D eigenvalue weighted by atomic mass is 32.1. The maximum atomic E-state index is 5.59. The first-order chi connectivity index (χ1) is 12.1. The summed E-state index contributed by atoms with van der Waals surface area (Å²) in [6.07, 6.45) is 8.71. The SMILES string of the molecule is COc1ccc(CNC(=S)N[C@@H](C)C23CC4CC(CC(C4)C2)C3)cc1. The smallest absolute Gasteiger partial charge is 0.166 e. The molecule has 0 spiro atoms. The molecule has 0 radical (unpaired) electrons. The minimum atomic E-state index is 0.469. The van der Waals surface area contributed by atoms with Gasteiger partial charge in [0.25, 0.3) is 0 Å². The van der Waals surface area contributed by atoms with Gasteiger partial charge in [0.05, 0.1) is 7.11 Å². The molecule has 0 unspecified atom stereocenters. The first kappa shape index (κ1) is 17.1. The Morgan fingerprint density at radius 2 is 1.68 bits per heavy atom. The van der Waals surface area contributed by atoms with Crippen LogP contribution in [-0.2, 0) is 6.54 Å². The average Bonchev–Trinajstić information content (AvgIpc) is 2.59. The molecular formula is C21H30N2OS. The Morgan fingerprint density at radius 1 is 1.12 bits per heavy atom. The number of nitrogens with one attached hydrogen (secondary N) is 2. The molecule has 4 aliphatic rings. The zero-order chi connectivity index (χ0) is 17.4. The summed E-state index contributed by atoms with van der Waals surface area (Å²) < 4.78 is 5.21.